The highest BCUT2D eigenvalue weighted by Gasteiger charge is 2.08. The molecule has 0 radical (unpaired) electrons. The number of hydrogen-bond donors (Lipinski definition) is 3. The first-order valence-corrected chi connectivity index (χ1v) is 6.13. The largest absolute Gasteiger partial charge is 0.507 e. The zero-order valence-corrected chi connectivity index (χ0v) is 10.3. The number of thiophene rings is 1. The minimum atomic E-state index is -0.235. The maximum absolute atomic E-state index is 11.7. The number of hydrogen-bond acceptors (Lipinski definition) is 4. The summed E-state index contributed by atoms with van der Waals surface area (Å²) < 4.78 is 0. The lowest BCUT2D eigenvalue weighted by atomic mass is 10.1. The second kappa shape index (κ2) is 5.37. The Bertz CT molecular complexity index is 564. The summed E-state index contributed by atoms with van der Waals surface area (Å²) in [6, 6.07) is 10.3. The molecule has 0 saturated carbocycles. The van der Waals surface area contributed by atoms with Gasteiger partial charge >= 0.3 is 0 Å². The minimum Gasteiger partial charge on any atom is -0.507 e. The lowest BCUT2D eigenvalue weighted by molar-refractivity contribution is 0.0946. The number of aromatic hydroxyl groups is 1. The van der Waals surface area contributed by atoms with E-state index in [9.17, 15) is 9.90 Å². The van der Waals surface area contributed by atoms with E-state index in [1.54, 1.807) is 36.4 Å². The average molecular weight is 260 g/mol. The van der Waals surface area contributed by atoms with Crippen molar-refractivity contribution in [3.8, 4) is 5.75 Å². The molecule has 4 nitrogen and oxygen atoms in total. The van der Waals surface area contributed by atoms with E-state index in [2.05, 4.69) is 17.4 Å². The molecule has 0 fully saturated rings. The van der Waals surface area contributed by atoms with Crippen LogP contribution in [0, 0.1) is 0 Å². The van der Waals surface area contributed by atoms with Crippen molar-refractivity contribution in [1.82, 2.24) is 10.9 Å². The summed E-state index contributed by atoms with van der Waals surface area (Å²) >= 11 is 1.35. The molecule has 0 aliphatic carbocycles. The minimum absolute atomic E-state index is 0.111. The number of carbonyl (C=O) groups excluding carboxylic acids is 1. The summed E-state index contributed by atoms with van der Waals surface area (Å²) in [6.07, 6.45) is 0. The van der Waals surface area contributed by atoms with Gasteiger partial charge in [-0.05, 0) is 23.6 Å². The molecule has 3 N–H and O–H groups in total. The van der Waals surface area contributed by atoms with Crippen LogP contribution in [-0.2, 0) is 0 Å². The van der Waals surface area contributed by atoms with Gasteiger partial charge in [0.15, 0.2) is 0 Å². The van der Waals surface area contributed by atoms with Gasteiger partial charge in [0.05, 0.1) is 10.6 Å². The second-order valence-corrected chi connectivity index (χ2v) is 4.50. The summed E-state index contributed by atoms with van der Waals surface area (Å²) in [5.41, 5.74) is 6.18. The molecule has 1 aromatic carbocycles. The van der Waals surface area contributed by atoms with Crippen LogP contribution in [0.3, 0.4) is 0 Å². The van der Waals surface area contributed by atoms with Gasteiger partial charge in [0.2, 0.25) is 0 Å². The number of para-hydroxylation sites is 1. The number of phenolic OH excluding ortho intramolecular Hbond substituents is 1. The number of benzene rings is 1. The third-order valence-corrected chi connectivity index (χ3v) is 3.17. The summed E-state index contributed by atoms with van der Waals surface area (Å²) in [5.74, 6) is -0.123. The second-order valence-electron chi connectivity index (χ2n) is 3.55. The normalized spacial score (nSPS) is 9.78. The molecule has 5 heteroatoms. The third kappa shape index (κ3) is 2.70. The lowest BCUT2D eigenvalue weighted by Gasteiger charge is -2.11. The van der Waals surface area contributed by atoms with Crippen LogP contribution in [0.4, 0.5) is 0 Å². The van der Waals surface area contributed by atoms with Gasteiger partial charge in [0.1, 0.15) is 5.75 Å². The Morgan fingerprint density at radius 2 is 1.94 bits per heavy atom. The third-order valence-electron chi connectivity index (χ3n) is 2.30. The van der Waals surface area contributed by atoms with E-state index >= 15 is 0 Å². The van der Waals surface area contributed by atoms with Crippen molar-refractivity contribution >= 4 is 22.9 Å². The molecule has 0 bridgehead atoms. The van der Waals surface area contributed by atoms with E-state index in [1.165, 1.54) is 11.3 Å². The first-order chi connectivity index (χ1) is 8.68. The van der Waals surface area contributed by atoms with Crippen LogP contribution in [0.25, 0.3) is 5.70 Å². The quantitative estimate of drug-likeness (QED) is 0.739. The van der Waals surface area contributed by atoms with E-state index in [1.807, 2.05) is 5.38 Å². The van der Waals surface area contributed by atoms with Gasteiger partial charge in [-0.3, -0.25) is 15.6 Å². The molecule has 1 amide bonds. The summed E-state index contributed by atoms with van der Waals surface area (Å²) in [4.78, 5) is 12.3. The molecule has 2 aromatic rings. The van der Waals surface area contributed by atoms with E-state index in [0.29, 0.717) is 16.1 Å². The molecule has 0 aliphatic rings. The molecule has 92 valence electrons. The molecular formula is C13H12N2O2S. The molecule has 2 rings (SSSR count). The lowest BCUT2D eigenvalue weighted by Crippen LogP contribution is -2.35. The van der Waals surface area contributed by atoms with Crippen molar-refractivity contribution in [3.05, 3.63) is 58.8 Å². The van der Waals surface area contributed by atoms with Crippen LogP contribution < -0.4 is 10.9 Å². The van der Waals surface area contributed by atoms with Gasteiger partial charge < -0.3 is 5.11 Å². The van der Waals surface area contributed by atoms with Crippen molar-refractivity contribution in [2.45, 2.75) is 0 Å². The number of nitrogens with one attached hydrogen (secondary N) is 2. The standard InChI is InChI=1S/C13H12N2O2S/c1-9(10-5-2-3-6-11(10)16)14-15-13(17)12-7-4-8-18-12/h2-8,14,16H,1H2,(H,15,17). The van der Waals surface area contributed by atoms with Crippen LogP contribution in [0.2, 0.25) is 0 Å². The summed E-state index contributed by atoms with van der Waals surface area (Å²) in [5, 5.41) is 11.4. The summed E-state index contributed by atoms with van der Waals surface area (Å²) in [7, 11) is 0. The first kappa shape index (κ1) is 12.2. The number of rotatable bonds is 4. The smallest absolute Gasteiger partial charge is 0.279 e. The predicted molar refractivity (Wildman–Crippen MR) is 72.1 cm³/mol. The van der Waals surface area contributed by atoms with E-state index < -0.39 is 0 Å². The molecule has 18 heavy (non-hydrogen) atoms. The fourth-order valence-electron chi connectivity index (χ4n) is 1.40. The average Bonchev–Trinajstić information content (AvgIpc) is 2.90. The Labute approximate surface area is 109 Å². The van der Waals surface area contributed by atoms with Gasteiger partial charge in [0, 0.05) is 5.56 Å². The number of phenols is 1. The van der Waals surface area contributed by atoms with Crippen molar-refractivity contribution < 1.29 is 9.90 Å². The Morgan fingerprint density at radius 3 is 2.61 bits per heavy atom. The Balaban J connectivity index is 1.97. The maximum Gasteiger partial charge on any atom is 0.279 e. The predicted octanol–water partition coefficient (Wildman–Crippen LogP) is 2.36. The van der Waals surface area contributed by atoms with Gasteiger partial charge in [-0.2, -0.15) is 0 Å². The molecule has 1 heterocycles. The molecule has 0 aliphatic heterocycles. The Kier molecular flexibility index (Phi) is 3.64. The number of carbonyl (C=O) groups is 1. The maximum atomic E-state index is 11.7. The van der Waals surface area contributed by atoms with Crippen molar-refractivity contribution in [2.75, 3.05) is 0 Å². The molecule has 0 saturated heterocycles. The summed E-state index contributed by atoms with van der Waals surface area (Å²) in [6.45, 7) is 3.76. The number of amides is 1. The molecular weight excluding hydrogens is 248 g/mol. The topological polar surface area (TPSA) is 61.4 Å². The van der Waals surface area contributed by atoms with Crippen molar-refractivity contribution in [1.29, 1.82) is 0 Å². The van der Waals surface area contributed by atoms with Gasteiger partial charge in [-0.25, -0.2) is 0 Å². The SMILES string of the molecule is C=C(NNC(=O)c1cccs1)c1ccccc1O. The number of hydrazine groups is 1. The van der Waals surface area contributed by atoms with Crippen LogP contribution in [0.5, 0.6) is 5.75 Å². The highest BCUT2D eigenvalue weighted by atomic mass is 32.1. The molecule has 0 spiro atoms. The fourth-order valence-corrected chi connectivity index (χ4v) is 2.02. The highest BCUT2D eigenvalue weighted by Crippen LogP contribution is 2.20. The molecule has 0 unspecified atom stereocenters. The van der Waals surface area contributed by atoms with Crippen LogP contribution in [0.1, 0.15) is 15.2 Å². The van der Waals surface area contributed by atoms with Crippen LogP contribution in [-0.4, -0.2) is 11.0 Å². The molecule has 1 aromatic heterocycles. The van der Waals surface area contributed by atoms with E-state index in [4.69, 9.17) is 0 Å². The zero-order valence-electron chi connectivity index (χ0n) is 9.51. The van der Waals surface area contributed by atoms with Gasteiger partial charge in [-0.1, -0.05) is 24.8 Å². The Hall–Kier alpha value is -2.27. The van der Waals surface area contributed by atoms with Gasteiger partial charge in [0.25, 0.3) is 5.91 Å². The zero-order chi connectivity index (χ0) is 13.0. The monoisotopic (exact) mass is 260 g/mol. The first-order valence-electron chi connectivity index (χ1n) is 5.25. The van der Waals surface area contributed by atoms with Crippen LogP contribution in [0.15, 0.2) is 48.4 Å². The van der Waals surface area contributed by atoms with E-state index in [0.717, 1.165) is 0 Å². The van der Waals surface area contributed by atoms with Crippen molar-refractivity contribution in [3.63, 3.8) is 0 Å². The van der Waals surface area contributed by atoms with E-state index in [-0.39, 0.29) is 11.7 Å². The van der Waals surface area contributed by atoms with Crippen LogP contribution >= 0.6 is 11.3 Å². The fraction of sp³-hybridized carbons (Fsp3) is 0. The Morgan fingerprint density at radius 1 is 1.17 bits per heavy atom. The molecule has 0 atom stereocenters. The van der Waals surface area contributed by atoms with Gasteiger partial charge in [-0.15, -0.1) is 11.3 Å². The highest BCUT2D eigenvalue weighted by molar-refractivity contribution is 7.12. The van der Waals surface area contributed by atoms with Crippen molar-refractivity contribution in [2.24, 2.45) is 0 Å².